The Labute approximate surface area is 139 Å². The first-order valence-corrected chi connectivity index (χ1v) is 7.27. The van der Waals surface area contributed by atoms with Crippen LogP contribution in [0.15, 0.2) is 34.8 Å². The molecule has 0 bridgehead atoms. The van der Waals surface area contributed by atoms with E-state index in [1.165, 1.54) is 19.2 Å². The highest BCUT2D eigenvalue weighted by Gasteiger charge is 2.19. The summed E-state index contributed by atoms with van der Waals surface area (Å²) in [7, 11) is 1.27. The third-order valence-corrected chi connectivity index (χ3v) is 3.71. The lowest BCUT2D eigenvalue weighted by Crippen LogP contribution is -2.05. The van der Waals surface area contributed by atoms with Crippen LogP contribution in [0.5, 0.6) is 11.5 Å². The molecule has 0 fully saturated rings. The normalized spacial score (nSPS) is 10.3. The summed E-state index contributed by atoms with van der Waals surface area (Å²) in [5.41, 5.74) is 6.17. The highest BCUT2D eigenvalue weighted by molar-refractivity contribution is 9.10. The first-order valence-electron chi connectivity index (χ1n) is 5.72. The van der Waals surface area contributed by atoms with Crippen LogP contribution in [0.4, 0.5) is 5.69 Å². The summed E-state index contributed by atoms with van der Waals surface area (Å²) in [6, 6.07) is 7.91. The first-order chi connectivity index (χ1) is 9.92. The zero-order valence-electron chi connectivity index (χ0n) is 10.8. The van der Waals surface area contributed by atoms with E-state index >= 15 is 0 Å². The standard InChI is InChI=1S/C14H10BrCl2NO3/c1-20-14(19)9-5-8(18)6-11(17)13(9)21-12-3-2-7(16)4-10(12)15/h2-6H,18H2,1H3. The number of halogens is 3. The van der Waals surface area contributed by atoms with Crippen molar-refractivity contribution in [2.45, 2.75) is 0 Å². The molecule has 0 amide bonds. The lowest BCUT2D eigenvalue weighted by atomic mass is 10.1. The molecular formula is C14H10BrCl2NO3. The number of hydrogen-bond acceptors (Lipinski definition) is 4. The predicted octanol–water partition coefficient (Wildman–Crippen LogP) is 4.92. The molecule has 0 unspecified atom stereocenters. The average Bonchev–Trinajstić information content (AvgIpc) is 2.42. The second-order valence-corrected chi connectivity index (χ2v) is 5.75. The van der Waals surface area contributed by atoms with Gasteiger partial charge in [0.1, 0.15) is 11.3 Å². The number of hydrogen-bond donors (Lipinski definition) is 1. The highest BCUT2D eigenvalue weighted by atomic mass is 79.9. The number of ether oxygens (including phenoxy) is 2. The Bertz CT molecular complexity index is 707. The van der Waals surface area contributed by atoms with Gasteiger partial charge in [-0.25, -0.2) is 4.79 Å². The third kappa shape index (κ3) is 3.61. The molecule has 0 aliphatic carbocycles. The molecule has 0 aromatic heterocycles. The number of methoxy groups -OCH3 is 1. The number of anilines is 1. The molecule has 0 spiro atoms. The predicted molar refractivity (Wildman–Crippen MR) is 86.4 cm³/mol. The minimum Gasteiger partial charge on any atom is -0.465 e. The lowest BCUT2D eigenvalue weighted by Gasteiger charge is -2.13. The van der Waals surface area contributed by atoms with E-state index in [1.54, 1.807) is 18.2 Å². The Balaban J connectivity index is 2.50. The van der Waals surface area contributed by atoms with Gasteiger partial charge in [0.15, 0.2) is 5.75 Å². The molecule has 21 heavy (non-hydrogen) atoms. The van der Waals surface area contributed by atoms with E-state index < -0.39 is 5.97 Å². The average molecular weight is 391 g/mol. The van der Waals surface area contributed by atoms with E-state index in [1.807, 2.05) is 0 Å². The van der Waals surface area contributed by atoms with E-state index in [9.17, 15) is 4.79 Å². The molecule has 0 aliphatic heterocycles. The van der Waals surface area contributed by atoms with Crippen LogP contribution in [0.25, 0.3) is 0 Å². The van der Waals surface area contributed by atoms with E-state index in [0.717, 1.165) is 0 Å². The maximum absolute atomic E-state index is 11.8. The number of rotatable bonds is 3. The number of carbonyl (C=O) groups excluding carboxylic acids is 1. The maximum Gasteiger partial charge on any atom is 0.341 e. The number of esters is 1. The summed E-state index contributed by atoms with van der Waals surface area (Å²) in [4.78, 5) is 11.8. The van der Waals surface area contributed by atoms with E-state index in [2.05, 4.69) is 15.9 Å². The fourth-order valence-electron chi connectivity index (χ4n) is 1.65. The molecule has 7 heteroatoms. The van der Waals surface area contributed by atoms with Gasteiger partial charge in [-0.2, -0.15) is 0 Å². The summed E-state index contributed by atoms with van der Waals surface area (Å²) >= 11 is 15.3. The van der Waals surface area contributed by atoms with Crippen molar-refractivity contribution in [3.63, 3.8) is 0 Å². The van der Waals surface area contributed by atoms with Gasteiger partial charge in [0.2, 0.25) is 0 Å². The molecule has 0 atom stereocenters. The topological polar surface area (TPSA) is 61.5 Å². The van der Waals surface area contributed by atoms with Gasteiger partial charge < -0.3 is 15.2 Å². The van der Waals surface area contributed by atoms with Crippen LogP contribution in [-0.4, -0.2) is 13.1 Å². The molecular weight excluding hydrogens is 381 g/mol. The SMILES string of the molecule is COC(=O)c1cc(N)cc(Cl)c1Oc1ccc(Cl)cc1Br. The van der Waals surface area contributed by atoms with Gasteiger partial charge in [0, 0.05) is 10.7 Å². The van der Waals surface area contributed by atoms with Crippen LogP contribution in [0.2, 0.25) is 10.0 Å². The Morgan fingerprint density at radius 2 is 1.95 bits per heavy atom. The molecule has 2 rings (SSSR count). The Morgan fingerprint density at radius 3 is 2.57 bits per heavy atom. The molecule has 0 saturated carbocycles. The molecule has 2 N–H and O–H groups in total. The molecule has 4 nitrogen and oxygen atoms in total. The molecule has 0 heterocycles. The second kappa shape index (κ2) is 6.56. The number of nitrogens with two attached hydrogens (primary N) is 1. The van der Waals surface area contributed by atoms with Gasteiger partial charge >= 0.3 is 5.97 Å². The number of carbonyl (C=O) groups is 1. The summed E-state index contributed by atoms with van der Waals surface area (Å²) in [6.45, 7) is 0. The minimum absolute atomic E-state index is 0.143. The van der Waals surface area contributed by atoms with Gasteiger partial charge in [-0.1, -0.05) is 23.2 Å². The number of benzene rings is 2. The van der Waals surface area contributed by atoms with E-state index in [4.69, 9.17) is 38.4 Å². The van der Waals surface area contributed by atoms with Gasteiger partial charge in [-0.05, 0) is 46.3 Å². The Hall–Kier alpha value is -1.43. The van der Waals surface area contributed by atoms with Crippen molar-refractivity contribution in [1.29, 1.82) is 0 Å². The summed E-state index contributed by atoms with van der Waals surface area (Å²) in [5, 5.41) is 0.753. The van der Waals surface area contributed by atoms with Crippen molar-refractivity contribution < 1.29 is 14.3 Å². The van der Waals surface area contributed by atoms with Gasteiger partial charge in [0.25, 0.3) is 0 Å². The van der Waals surface area contributed by atoms with Crippen LogP contribution in [0, 0.1) is 0 Å². The third-order valence-electron chi connectivity index (χ3n) is 2.58. The minimum atomic E-state index is -0.593. The van der Waals surface area contributed by atoms with Crippen LogP contribution in [0.1, 0.15) is 10.4 Å². The van der Waals surface area contributed by atoms with Crippen LogP contribution >= 0.6 is 39.1 Å². The van der Waals surface area contributed by atoms with Crippen molar-refractivity contribution in [2.75, 3.05) is 12.8 Å². The van der Waals surface area contributed by atoms with Gasteiger partial charge in [-0.15, -0.1) is 0 Å². The monoisotopic (exact) mass is 389 g/mol. The molecule has 0 radical (unpaired) electrons. The van der Waals surface area contributed by atoms with Crippen molar-refractivity contribution in [3.05, 3.63) is 50.4 Å². The molecule has 0 saturated heterocycles. The Morgan fingerprint density at radius 1 is 1.24 bits per heavy atom. The van der Waals surface area contributed by atoms with Crippen LogP contribution in [-0.2, 0) is 4.74 Å². The molecule has 110 valence electrons. The number of nitrogen functional groups attached to an aromatic ring is 1. The van der Waals surface area contributed by atoms with Gasteiger partial charge in [-0.3, -0.25) is 0 Å². The quantitative estimate of drug-likeness (QED) is 0.596. The van der Waals surface area contributed by atoms with E-state index in [0.29, 0.717) is 20.9 Å². The zero-order valence-corrected chi connectivity index (χ0v) is 13.9. The van der Waals surface area contributed by atoms with Gasteiger partial charge in [0.05, 0.1) is 16.6 Å². The van der Waals surface area contributed by atoms with Crippen LogP contribution in [0.3, 0.4) is 0 Å². The summed E-state index contributed by atoms with van der Waals surface area (Å²) in [6.07, 6.45) is 0. The Kier molecular flexibility index (Phi) is 4.98. The zero-order chi connectivity index (χ0) is 15.6. The van der Waals surface area contributed by atoms with Crippen molar-refractivity contribution in [3.8, 4) is 11.5 Å². The largest absolute Gasteiger partial charge is 0.465 e. The maximum atomic E-state index is 11.8. The van der Waals surface area contributed by atoms with Crippen molar-refractivity contribution >= 4 is 50.8 Å². The summed E-state index contributed by atoms with van der Waals surface area (Å²) in [5.74, 6) is 0.0289. The molecule has 2 aromatic rings. The smallest absolute Gasteiger partial charge is 0.341 e. The molecule has 0 aliphatic rings. The fourth-order valence-corrected chi connectivity index (χ4v) is 2.68. The second-order valence-electron chi connectivity index (χ2n) is 4.05. The van der Waals surface area contributed by atoms with Crippen LogP contribution < -0.4 is 10.5 Å². The lowest BCUT2D eigenvalue weighted by molar-refractivity contribution is 0.0598. The van der Waals surface area contributed by atoms with Crippen molar-refractivity contribution in [1.82, 2.24) is 0 Å². The first kappa shape index (κ1) is 15.9. The van der Waals surface area contributed by atoms with E-state index in [-0.39, 0.29) is 16.3 Å². The summed E-state index contributed by atoms with van der Waals surface area (Å²) < 4.78 is 11.0. The highest BCUT2D eigenvalue weighted by Crippen LogP contribution is 2.38. The van der Waals surface area contributed by atoms with Crippen molar-refractivity contribution in [2.24, 2.45) is 0 Å². The molecule has 2 aromatic carbocycles. The fraction of sp³-hybridized carbons (Fsp3) is 0.0714.